The molecule has 1 saturated heterocycles. The monoisotopic (exact) mass is 373 g/mol. The third kappa shape index (κ3) is 4.45. The van der Waals surface area contributed by atoms with Crippen LogP contribution in [0, 0.1) is 5.82 Å². The molecule has 8 heteroatoms. The SMILES string of the molecule is CC(C)(C)OC(=O)N1CCN(c2ncnc(N)c2-c2ccc(F)cc2)CC1. The maximum absolute atomic E-state index is 13.3. The van der Waals surface area contributed by atoms with Gasteiger partial charge in [-0.1, -0.05) is 12.1 Å². The van der Waals surface area contributed by atoms with E-state index in [1.165, 1.54) is 18.5 Å². The van der Waals surface area contributed by atoms with Crippen molar-refractivity contribution in [1.29, 1.82) is 0 Å². The van der Waals surface area contributed by atoms with Crippen molar-refractivity contribution in [1.82, 2.24) is 14.9 Å². The molecule has 0 unspecified atom stereocenters. The average molecular weight is 373 g/mol. The van der Waals surface area contributed by atoms with Gasteiger partial charge in [-0.3, -0.25) is 0 Å². The lowest BCUT2D eigenvalue weighted by Crippen LogP contribution is -2.50. The van der Waals surface area contributed by atoms with E-state index >= 15 is 0 Å². The number of nitrogen functional groups attached to an aromatic ring is 1. The standard InChI is InChI=1S/C19H24FN5O2/c1-19(2,3)27-18(26)25-10-8-24(9-11-25)17-15(16(21)22-12-23-17)13-4-6-14(20)7-5-13/h4-7,12H,8-11H2,1-3H3,(H2,21,22,23). The maximum atomic E-state index is 13.3. The van der Waals surface area contributed by atoms with Crippen molar-refractivity contribution in [2.45, 2.75) is 26.4 Å². The Bertz CT molecular complexity index is 812. The minimum absolute atomic E-state index is 0.317. The van der Waals surface area contributed by atoms with Gasteiger partial charge in [-0.25, -0.2) is 19.2 Å². The Morgan fingerprint density at radius 1 is 1.11 bits per heavy atom. The van der Waals surface area contributed by atoms with Crippen LogP contribution in [0.2, 0.25) is 0 Å². The van der Waals surface area contributed by atoms with Crippen LogP contribution in [0.3, 0.4) is 0 Å². The number of carbonyl (C=O) groups excluding carboxylic acids is 1. The summed E-state index contributed by atoms with van der Waals surface area (Å²) in [6.07, 6.45) is 1.10. The van der Waals surface area contributed by atoms with Crippen LogP contribution in [0.1, 0.15) is 20.8 Å². The van der Waals surface area contributed by atoms with Crippen molar-refractivity contribution in [3.8, 4) is 11.1 Å². The summed E-state index contributed by atoms with van der Waals surface area (Å²) < 4.78 is 18.7. The van der Waals surface area contributed by atoms with Crippen LogP contribution in [0.4, 0.5) is 20.8 Å². The molecule has 2 aromatic rings. The zero-order valence-corrected chi connectivity index (χ0v) is 15.8. The predicted octanol–water partition coefficient (Wildman–Crippen LogP) is 2.92. The molecule has 2 N–H and O–H groups in total. The van der Waals surface area contributed by atoms with E-state index < -0.39 is 5.60 Å². The van der Waals surface area contributed by atoms with E-state index in [0.717, 1.165) is 5.56 Å². The van der Waals surface area contributed by atoms with Gasteiger partial charge in [0.1, 0.15) is 29.4 Å². The molecule has 1 amide bonds. The maximum Gasteiger partial charge on any atom is 0.410 e. The van der Waals surface area contributed by atoms with Gasteiger partial charge in [0.25, 0.3) is 0 Å². The minimum atomic E-state index is -0.523. The summed E-state index contributed by atoms with van der Waals surface area (Å²) in [5.41, 5.74) is 6.98. The van der Waals surface area contributed by atoms with Crippen LogP contribution in [0.25, 0.3) is 11.1 Å². The Morgan fingerprint density at radius 3 is 2.33 bits per heavy atom. The van der Waals surface area contributed by atoms with Gasteiger partial charge >= 0.3 is 6.09 Å². The fraction of sp³-hybridized carbons (Fsp3) is 0.421. The number of carbonyl (C=O) groups is 1. The van der Waals surface area contributed by atoms with Crippen molar-refractivity contribution in [2.24, 2.45) is 0 Å². The number of nitrogens with zero attached hydrogens (tertiary/aromatic N) is 4. The van der Waals surface area contributed by atoms with Crippen LogP contribution in [-0.2, 0) is 4.74 Å². The van der Waals surface area contributed by atoms with Crippen LogP contribution in [0.5, 0.6) is 0 Å². The van der Waals surface area contributed by atoms with Crippen molar-refractivity contribution < 1.29 is 13.9 Å². The van der Waals surface area contributed by atoms with Gasteiger partial charge in [0, 0.05) is 26.2 Å². The largest absolute Gasteiger partial charge is 0.444 e. The first-order valence-corrected chi connectivity index (χ1v) is 8.84. The van der Waals surface area contributed by atoms with E-state index in [9.17, 15) is 9.18 Å². The van der Waals surface area contributed by atoms with Gasteiger partial charge in [0.05, 0.1) is 5.56 Å². The molecular weight excluding hydrogens is 349 g/mol. The molecule has 1 aromatic heterocycles. The Hall–Kier alpha value is -2.90. The molecule has 0 aliphatic carbocycles. The number of hydrogen-bond donors (Lipinski definition) is 1. The van der Waals surface area contributed by atoms with Crippen LogP contribution in [-0.4, -0.2) is 52.7 Å². The third-order valence-corrected chi connectivity index (χ3v) is 4.22. The molecule has 27 heavy (non-hydrogen) atoms. The lowest BCUT2D eigenvalue weighted by atomic mass is 10.1. The molecule has 3 rings (SSSR count). The summed E-state index contributed by atoms with van der Waals surface area (Å²) in [4.78, 5) is 24.4. The summed E-state index contributed by atoms with van der Waals surface area (Å²) in [7, 11) is 0. The first-order chi connectivity index (χ1) is 12.7. The van der Waals surface area contributed by atoms with E-state index in [4.69, 9.17) is 10.5 Å². The Kier molecular flexibility index (Phi) is 5.16. The van der Waals surface area contributed by atoms with E-state index in [1.54, 1.807) is 17.0 Å². The molecule has 0 saturated carbocycles. The highest BCUT2D eigenvalue weighted by Crippen LogP contribution is 2.33. The van der Waals surface area contributed by atoms with Crippen molar-refractivity contribution >= 4 is 17.7 Å². The van der Waals surface area contributed by atoms with E-state index in [1.807, 2.05) is 20.8 Å². The van der Waals surface area contributed by atoms with Crippen molar-refractivity contribution in [2.75, 3.05) is 36.8 Å². The first-order valence-electron chi connectivity index (χ1n) is 8.84. The fourth-order valence-electron chi connectivity index (χ4n) is 2.95. The third-order valence-electron chi connectivity index (χ3n) is 4.22. The Labute approximate surface area is 158 Å². The summed E-state index contributed by atoms with van der Waals surface area (Å²) in [6, 6.07) is 6.08. The second kappa shape index (κ2) is 7.38. The molecule has 1 fully saturated rings. The number of hydrogen-bond acceptors (Lipinski definition) is 6. The summed E-state index contributed by atoms with van der Waals surface area (Å²) in [5, 5.41) is 0. The molecule has 0 bridgehead atoms. The van der Waals surface area contributed by atoms with Gasteiger partial charge < -0.3 is 20.3 Å². The highest BCUT2D eigenvalue weighted by atomic mass is 19.1. The van der Waals surface area contributed by atoms with Crippen LogP contribution in [0.15, 0.2) is 30.6 Å². The van der Waals surface area contributed by atoms with Crippen molar-refractivity contribution in [3.63, 3.8) is 0 Å². The second-order valence-corrected chi connectivity index (χ2v) is 7.42. The lowest BCUT2D eigenvalue weighted by Gasteiger charge is -2.36. The van der Waals surface area contributed by atoms with Crippen molar-refractivity contribution in [3.05, 3.63) is 36.4 Å². The quantitative estimate of drug-likeness (QED) is 0.871. The fourth-order valence-corrected chi connectivity index (χ4v) is 2.95. The molecule has 2 heterocycles. The number of ether oxygens (including phenoxy) is 1. The minimum Gasteiger partial charge on any atom is -0.444 e. The molecule has 0 spiro atoms. The van der Waals surface area contributed by atoms with Gasteiger partial charge in [-0.2, -0.15) is 0 Å². The normalized spacial score (nSPS) is 15.0. The molecule has 0 atom stereocenters. The number of halogens is 1. The van der Waals surface area contributed by atoms with E-state index in [0.29, 0.717) is 43.4 Å². The number of piperazine rings is 1. The van der Waals surface area contributed by atoms with E-state index in [2.05, 4.69) is 14.9 Å². The Balaban J connectivity index is 1.78. The zero-order chi connectivity index (χ0) is 19.6. The molecule has 1 aromatic carbocycles. The Morgan fingerprint density at radius 2 is 1.74 bits per heavy atom. The highest BCUT2D eigenvalue weighted by molar-refractivity contribution is 5.84. The molecule has 1 aliphatic heterocycles. The molecule has 7 nitrogen and oxygen atoms in total. The van der Waals surface area contributed by atoms with Gasteiger partial charge in [-0.15, -0.1) is 0 Å². The van der Waals surface area contributed by atoms with Gasteiger partial charge in [0.2, 0.25) is 0 Å². The second-order valence-electron chi connectivity index (χ2n) is 7.42. The van der Waals surface area contributed by atoms with Crippen LogP contribution >= 0.6 is 0 Å². The topological polar surface area (TPSA) is 84.6 Å². The summed E-state index contributed by atoms with van der Waals surface area (Å²) in [6.45, 7) is 7.75. The molecule has 0 radical (unpaired) electrons. The number of aromatic nitrogens is 2. The highest BCUT2D eigenvalue weighted by Gasteiger charge is 2.28. The van der Waals surface area contributed by atoms with E-state index in [-0.39, 0.29) is 11.9 Å². The number of rotatable bonds is 2. The molecular formula is C19H24FN5O2. The smallest absolute Gasteiger partial charge is 0.410 e. The average Bonchev–Trinajstić information content (AvgIpc) is 2.61. The van der Waals surface area contributed by atoms with Gasteiger partial charge in [-0.05, 0) is 38.5 Å². The number of nitrogens with two attached hydrogens (primary N) is 1. The number of amides is 1. The number of anilines is 2. The van der Waals surface area contributed by atoms with Crippen LogP contribution < -0.4 is 10.6 Å². The summed E-state index contributed by atoms with van der Waals surface area (Å²) >= 11 is 0. The predicted molar refractivity (Wildman–Crippen MR) is 102 cm³/mol. The first kappa shape index (κ1) is 18.9. The molecule has 144 valence electrons. The van der Waals surface area contributed by atoms with Gasteiger partial charge in [0.15, 0.2) is 0 Å². The molecule has 1 aliphatic rings. The zero-order valence-electron chi connectivity index (χ0n) is 15.8. The number of benzene rings is 1. The summed E-state index contributed by atoms with van der Waals surface area (Å²) in [5.74, 6) is 0.695. The lowest BCUT2D eigenvalue weighted by molar-refractivity contribution is 0.0240.